The lowest BCUT2D eigenvalue weighted by Crippen LogP contribution is -2.40. The van der Waals surface area contributed by atoms with Crippen LogP contribution in [0.4, 0.5) is 5.69 Å². The number of thiophene rings is 1. The van der Waals surface area contributed by atoms with Gasteiger partial charge in [0.25, 0.3) is 5.01 Å². The summed E-state index contributed by atoms with van der Waals surface area (Å²) in [6, 6.07) is 6.90. The van der Waals surface area contributed by atoms with Crippen LogP contribution >= 0.6 is 46.2 Å². The van der Waals surface area contributed by atoms with E-state index >= 15 is 0 Å². The zero-order valence-electron chi connectivity index (χ0n) is 22.9. The molecule has 8 rings (SSSR count). The molecule has 4 heterocycles. The van der Waals surface area contributed by atoms with Gasteiger partial charge in [-0.3, -0.25) is 0 Å². The van der Waals surface area contributed by atoms with Gasteiger partial charge in [-0.1, -0.05) is 47.4 Å². The van der Waals surface area contributed by atoms with Crippen LogP contribution in [0, 0.1) is 5.92 Å². The van der Waals surface area contributed by atoms with Crippen molar-refractivity contribution in [3.8, 4) is 0 Å². The molecule has 0 amide bonds. The molecular formula is C34H33N2S4+. The molecule has 0 saturated carbocycles. The predicted molar refractivity (Wildman–Crippen MR) is 177 cm³/mol. The van der Waals surface area contributed by atoms with Crippen LogP contribution in [-0.4, -0.2) is 11.8 Å². The first-order valence-electron chi connectivity index (χ1n) is 14.6. The Labute approximate surface area is 253 Å². The maximum atomic E-state index is 2.58. The molecule has 2 aromatic heterocycles. The van der Waals surface area contributed by atoms with Crippen molar-refractivity contribution in [2.24, 2.45) is 5.92 Å². The monoisotopic (exact) mass is 597 g/mol. The minimum absolute atomic E-state index is 0.525. The average molecular weight is 598 g/mol. The number of nitrogens with zero attached hydrogens (tertiary/aromatic N) is 2. The molecule has 3 aliphatic carbocycles. The van der Waals surface area contributed by atoms with Crippen molar-refractivity contribution in [1.82, 2.24) is 0 Å². The van der Waals surface area contributed by atoms with Gasteiger partial charge in [0.1, 0.15) is 11.4 Å². The Morgan fingerprint density at radius 2 is 1.98 bits per heavy atom. The van der Waals surface area contributed by atoms with E-state index in [0.717, 1.165) is 13.1 Å². The van der Waals surface area contributed by atoms with E-state index in [4.69, 9.17) is 0 Å². The van der Waals surface area contributed by atoms with Gasteiger partial charge in [-0.05, 0) is 103 Å². The average Bonchev–Trinajstić information content (AvgIpc) is 3.76. The van der Waals surface area contributed by atoms with Crippen molar-refractivity contribution >= 4 is 74.1 Å². The Balaban J connectivity index is 1.11. The van der Waals surface area contributed by atoms with Crippen LogP contribution in [0.3, 0.4) is 0 Å². The molecule has 2 aliphatic heterocycles. The molecule has 3 atom stereocenters. The van der Waals surface area contributed by atoms with Gasteiger partial charge < -0.3 is 4.90 Å². The first-order chi connectivity index (χ1) is 19.7. The van der Waals surface area contributed by atoms with Gasteiger partial charge in [0.05, 0.1) is 16.6 Å². The molecular weight excluding hydrogens is 565 g/mol. The quantitative estimate of drug-likeness (QED) is 0.277. The maximum Gasteiger partial charge on any atom is 0.262 e. The Kier molecular flexibility index (Phi) is 6.51. The maximum absolute atomic E-state index is 2.58. The van der Waals surface area contributed by atoms with Crippen LogP contribution in [0.5, 0.6) is 0 Å². The number of aromatic nitrogens is 1. The molecule has 0 N–H and O–H groups in total. The number of fused-ring (bicyclic) bond motifs is 7. The fourth-order valence-electron chi connectivity index (χ4n) is 7.00. The second-order valence-electron chi connectivity index (χ2n) is 11.2. The van der Waals surface area contributed by atoms with E-state index in [1.807, 2.05) is 46.2 Å². The van der Waals surface area contributed by atoms with Crippen LogP contribution in [0.25, 0.3) is 22.2 Å². The second-order valence-corrected chi connectivity index (χ2v) is 15.3. The molecule has 2 nitrogen and oxygen atoms in total. The van der Waals surface area contributed by atoms with Crippen LogP contribution in [0.15, 0.2) is 86.0 Å². The summed E-state index contributed by atoms with van der Waals surface area (Å²) >= 11 is 7.72. The third-order valence-corrected chi connectivity index (χ3v) is 13.1. The summed E-state index contributed by atoms with van der Waals surface area (Å²) < 4.78 is 3.97. The molecule has 5 aliphatic rings. The normalized spacial score (nSPS) is 26.8. The first-order valence-corrected chi connectivity index (χ1v) is 18.0. The number of rotatable bonds is 4. The number of thioether (sulfide) groups is 2. The fraction of sp³-hybridized carbons (Fsp3) is 0.324. The molecule has 0 saturated heterocycles. The van der Waals surface area contributed by atoms with Crippen molar-refractivity contribution in [3.63, 3.8) is 0 Å². The summed E-state index contributed by atoms with van der Waals surface area (Å²) in [6.07, 6.45) is 22.1. The fourth-order valence-corrected chi connectivity index (χ4v) is 11.3. The van der Waals surface area contributed by atoms with E-state index in [2.05, 4.69) is 94.8 Å². The van der Waals surface area contributed by atoms with Crippen molar-refractivity contribution in [2.45, 2.75) is 62.1 Å². The molecule has 40 heavy (non-hydrogen) atoms. The molecule has 1 aromatic carbocycles. The SMILES string of the molecule is CCN1/C(=C/C2=CC3=C/C(=C/c4sc5c([n+]4CC)C4C=CSC4C=C5)CCC3CC2)Sc2ccc3sccc3c21. The molecule has 0 spiro atoms. The molecule has 0 radical (unpaired) electrons. The van der Waals surface area contributed by atoms with E-state index in [9.17, 15) is 0 Å². The Bertz CT molecular complexity index is 1710. The highest BCUT2D eigenvalue weighted by molar-refractivity contribution is 8.03. The number of thiazole rings is 1. The van der Waals surface area contributed by atoms with Crippen molar-refractivity contribution in [2.75, 3.05) is 11.4 Å². The van der Waals surface area contributed by atoms with Crippen LogP contribution in [0.2, 0.25) is 0 Å². The summed E-state index contributed by atoms with van der Waals surface area (Å²) in [5.41, 5.74) is 7.45. The molecule has 202 valence electrons. The highest BCUT2D eigenvalue weighted by Crippen LogP contribution is 2.51. The highest BCUT2D eigenvalue weighted by atomic mass is 32.2. The number of hydrogen-bond donors (Lipinski definition) is 0. The summed E-state index contributed by atoms with van der Waals surface area (Å²) in [7, 11) is 0. The standard InChI is InChI=1S/C34H33N2S4/c1-3-35-31(39-29-11-9-27-25(33(29)35)13-15-37-27)19-21-5-7-23-8-6-22(18-24(23)17-21)20-32-36(4-2)34-26-14-16-38-28(26)10-12-30(34)40-32/h9-20,23,25,27H,3-8H2,1-2H3/q+1. The summed E-state index contributed by atoms with van der Waals surface area (Å²) in [5, 5.41) is 9.28. The van der Waals surface area contributed by atoms with Gasteiger partial charge in [0, 0.05) is 32.9 Å². The largest absolute Gasteiger partial charge is 0.335 e. The van der Waals surface area contributed by atoms with E-state index in [1.54, 1.807) is 5.57 Å². The molecule has 0 fully saturated rings. The smallest absolute Gasteiger partial charge is 0.262 e. The van der Waals surface area contributed by atoms with Crippen LogP contribution in [0.1, 0.15) is 61.0 Å². The summed E-state index contributed by atoms with van der Waals surface area (Å²) in [5.74, 6) is 1.23. The lowest BCUT2D eigenvalue weighted by molar-refractivity contribution is -0.698. The zero-order chi connectivity index (χ0) is 26.8. The van der Waals surface area contributed by atoms with Gasteiger partial charge in [-0.2, -0.15) is 4.57 Å². The lowest BCUT2D eigenvalue weighted by Gasteiger charge is -2.28. The van der Waals surface area contributed by atoms with Crippen molar-refractivity contribution < 1.29 is 4.57 Å². The van der Waals surface area contributed by atoms with Crippen molar-refractivity contribution in [3.05, 3.63) is 96.7 Å². The van der Waals surface area contributed by atoms with Gasteiger partial charge in [-0.25, -0.2) is 0 Å². The zero-order valence-corrected chi connectivity index (χ0v) is 26.2. The third-order valence-electron chi connectivity index (χ3n) is 8.96. The molecule has 3 aromatic rings. The third kappa shape index (κ3) is 4.17. The van der Waals surface area contributed by atoms with Crippen LogP contribution in [-0.2, 0) is 6.54 Å². The Hall–Kier alpha value is -2.25. The van der Waals surface area contributed by atoms with E-state index in [0.29, 0.717) is 17.1 Å². The second kappa shape index (κ2) is 10.2. The highest BCUT2D eigenvalue weighted by Gasteiger charge is 2.38. The van der Waals surface area contributed by atoms with Gasteiger partial charge in [-0.15, -0.1) is 23.1 Å². The van der Waals surface area contributed by atoms with Gasteiger partial charge in [0.2, 0.25) is 5.69 Å². The minimum atomic E-state index is 0.525. The van der Waals surface area contributed by atoms with Crippen molar-refractivity contribution in [1.29, 1.82) is 0 Å². The predicted octanol–water partition coefficient (Wildman–Crippen LogP) is 9.92. The number of allylic oxidation sites excluding steroid dienone is 7. The number of benzene rings is 1. The molecule has 6 heteroatoms. The Morgan fingerprint density at radius 3 is 2.88 bits per heavy atom. The Morgan fingerprint density at radius 1 is 1.05 bits per heavy atom. The van der Waals surface area contributed by atoms with E-state index < -0.39 is 0 Å². The van der Waals surface area contributed by atoms with Gasteiger partial charge in [0.15, 0.2) is 0 Å². The number of anilines is 1. The van der Waals surface area contributed by atoms with E-state index in [-0.39, 0.29) is 0 Å². The topological polar surface area (TPSA) is 7.12 Å². The molecule has 0 bridgehead atoms. The minimum Gasteiger partial charge on any atom is -0.335 e. The first kappa shape index (κ1) is 25.5. The van der Waals surface area contributed by atoms with E-state index in [1.165, 1.54) is 78.1 Å². The number of hydrogen-bond acceptors (Lipinski definition) is 5. The van der Waals surface area contributed by atoms with Crippen LogP contribution < -0.4 is 9.47 Å². The summed E-state index contributed by atoms with van der Waals surface area (Å²) in [6.45, 7) is 6.61. The molecule has 3 unspecified atom stereocenters. The van der Waals surface area contributed by atoms with Gasteiger partial charge >= 0.3 is 0 Å². The summed E-state index contributed by atoms with van der Waals surface area (Å²) in [4.78, 5) is 5.37. The lowest BCUT2D eigenvalue weighted by atomic mass is 9.77.